The largest absolute Gasteiger partial charge is 0.414 e. The van der Waals surface area contributed by atoms with Crippen LogP contribution in [0.3, 0.4) is 0 Å². The lowest BCUT2D eigenvalue weighted by atomic mass is 9.97. The molecule has 10 nitrogen and oxygen atoms in total. The Labute approximate surface area is 207 Å². The normalized spacial score (nSPS) is 26.9. The Hall–Kier alpha value is -0.536. The highest BCUT2D eigenvalue weighted by molar-refractivity contribution is 6.74. The van der Waals surface area contributed by atoms with Crippen molar-refractivity contribution in [3.63, 3.8) is 0 Å². The molecule has 0 aromatic heterocycles. The highest BCUT2D eigenvalue weighted by atomic mass is 28.4. The van der Waals surface area contributed by atoms with Crippen molar-refractivity contribution in [2.75, 3.05) is 34.4 Å². The van der Waals surface area contributed by atoms with E-state index < -0.39 is 47.3 Å². The van der Waals surface area contributed by atoms with E-state index in [0.29, 0.717) is 0 Å². The topological polar surface area (TPSA) is 113 Å². The molecule has 0 saturated carbocycles. The van der Waals surface area contributed by atoms with Gasteiger partial charge in [-0.25, -0.2) is 0 Å². The molecule has 0 amide bonds. The van der Waals surface area contributed by atoms with Gasteiger partial charge in [0.1, 0.15) is 37.9 Å². The quantitative estimate of drug-likeness (QED) is 0.111. The molecule has 0 spiro atoms. The van der Waals surface area contributed by atoms with E-state index in [-0.39, 0.29) is 30.3 Å². The summed E-state index contributed by atoms with van der Waals surface area (Å²) >= 11 is 0. The van der Waals surface area contributed by atoms with E-state index in [1.54, 1.807) is 7.11 Å². The molecule has 0 unspecified atom stereocenters. The Morgan fingerprint density at radius 2 is 1.35 bits per heavy atom. The zero-order valence-electron chi connectivity index (χ0n) is 23.2. The van der Waals surface area contributed by atoms with Gasteiger partial charge in [0.25, 0.3) is 0 Å². The van der Waals surface area contributed by atoms with Crippen LogP contribution in [0.4, 0.5) is 0 Å². The van der Waals surface area contributed by atoms with Crippen LogP contribution in [0.25, 0.3) is 10.4 Å². The van der Waals surface area contributed by atoms with Crippen molar-refractivity contribution in [2.24, 2.45) is 5.11 Å². The van der Waals surface area contributed by atoms with Crippen LogP contribution in [0, 0.1) is 0 Å². The van der Waals surface area contributed by atoms with E-state index in [1.165, 1.54) is 7.11 Å². The van der Waals surface area contributed by atoms with E-state index in [0.717, 1.165) is 0 Å². The first kappa shape index (κ1) is 31.5. The van der Waals surface area contributed by atoms with Gasteiger partial charge < -0.3 is 32.5 Å². The number of methoxy groups -OCH3 is 2. The summed E-state index contributed by atoms with van der Waals surface area (Å²) in [6.45, 7) is 21.9. The SMILES string of the molecule is COCO[C@@H]1[C@@H](OCOC)[C@@H](N=[N+]=[N-])[C@H](O[Si](C)(C)C(C)(C)C)O[C@H]1CO[Si](C)(C)C(C)(C)C. The third-order valence-corrected chi connectivity index (χ3v) is 16.1. The van der Waals surface area contributed by atoms with Crippen LogP contribution in [0.15, 0.2) is 5.11 Å². The lowest BCUT2D eigenvalue weighted by molar-refractivity contribution is -0.280. The van der Waals surface area contributed by atoms with E-state index in [4.69, 9.17) is 32.5 Å². The standard InChI is InChI=1S/C22H47N3O7Si2/c1-21(2,3)33(9,10)30-13-16-18(28-14-26-7)19(29-15-27-8)17(24-25-23)20(31-16)32-34(11,12)22(4,5)6/h16-20H,13-15H2,1-12H3/t16-,17+,18-,19-,20-/m0/s1. The smallest absolute Gasteiger partial charge is 0.195 e. The summed E-state index contributed by atoms with van der Waals surface area (Å²) < 4.78 is 41.9. The molecule has 5 atom stereocenters. The maximum Gasteiger partial charge on any atom is 0.195 e. The van der Waals surface area contributed by atoms with E-state index in [1.807, 2.05) is 0 Å². The summed E-state index contributed by atoms with van der Waals surface area (Å²) in [7, 11) is -1.28. The van der Waals surface area contributed by atoms with E-state index in [9.17, 15) is 5.53 Å². The number of rotatable bonds is 12. The maximum absolute atomic E-state index is 9.35. The Morgan fingerprint density at radius 3 is 1.79 bits per heavy atom. The molecule has 1 fully saturated rings. The first-order chi connectivity index (χ1) is 15.5. The van der Waals surface area contributed by atoms with Gasteiger partial charge in [0.05, 0.1) is 6.61 Å². The van der Waals surface area contributed by atoms with Crippen LogP contribution in [0.2, 0.25) is 36.3 Å². The number of azide groups is 1. The van der Waals surface area contributed by atoms with Crippen molar-refractivity contribution in [2.45, 2.75) is 108 Å². The molecule has 200 valence electrons. The second-order valence-electron chi connectivity index (χ2n) is 11.8. The predicted octanol–water partition coefficient (Wildman–Crippen LogP) is 5.41. The minimum atomic E-state index is -2.28. The zero-order valence-corrected chi connectivity index (χ0v) is 25.2. The van der Waals surface area contributed by atoms with Gasteiger partial charge in [0.15, 0.2) is 22.9 Å². The van der Waals surface area contributed by atoms with Gasteiger partial charge in [-0.2, -0.15) is 0 Å². The third kappa shape index (κ3) is 8.26. The zero-order chi connectivity index (χ0) is 26.4. The van der Waals surface area contributed by atoms with Crippen molar-refractivity contribution < 1.29 is 32.5 Å². The van der Waals surface area contributed by atoms with Crippen LogP contribution in [-0.2, 0) is 32.5 Å². The first-order valence-electron chi connectivity index (χ1n) is 11.7. The minimum absolute atomic E-state index is 0.00240. The highest BCUT2D eigenvalue weighted by Gasteiger charge is 2.52. The minimum Gasteiger partial charge on any atom is -0.414 e. The molecule has 1 heterocycles. The van der Waals surface area contributed by atoms with Crippen molar-refractivity contribution in [1.82, 2.24) is 0 Å². The molecular formula is C22H47N3O7Si2. The van der Waals surface area contributed by atoms with Gasteiger partial charge in [-0.05, 0) is 41.8 Å². The first-order valence-corrected chi connectivity index (χ1v) is 17.6. The Kier molecular flexibility index (Phi) is 11.7. The molecule has 0 aromatic rings. The number of nitrogens with zero attached hydrogens (tertiary/aromatic N) is 3. The Balaban J connectivity index is 3.39. The average molecular weight is 522 g/mol. The molecule has 34 heavy (non-hydrogen) atoms. The van der Waals surface area contributed by atoms with Gasteiger partial charge in [-0.15, -0.1) is 0 Å². The maximum atomic E-state index is 9.35. The van der Waals surface area contributed by atoms with Gasteiger partial charge in [-0.1, -0.05) is 46.7 Å². The predicted molar refractivity (Wildman–Crippen MR) is 137 cm³/mol. The molecular weight excluding hydrogens is 474 g/mol. The molecule has 0 aromatic carbocycles. The summed E-state index contributed by atoms with van der Waals surface area (Å²) in [6.07, 6.45) is -2.63. The summed E-state index contributed by atoms with van der Waals surface area (Å²) in [5.41, 5.74) is 9.35. The van der Waals surface area contributed by atoms with Gasteiger partial charge in [0, 0.05) is 19.1 Å². The molecule has 0 aliphatic carbocycles. The van der Waals surface area contributed by atoms with Gasteiger partial charge in [0.2, 0.25) is 0 Å². The fourth-order valence-corrected chi connectivity index (χ4v) is 5.11. The second-order valence-corrected chi connectivity index (χ2v) is 21.3. The highest BCUT2D eigenvalue weighted by Crippen LogP contribution is 2.41. The van der Waals surface area contributed by atoms with Gasteiger partial charge in [-0.3, -0.25) is 0 Å². The van der Waals surface area contributed by atoms with E-state index >= 15 is 0 Å². The van der Waals surface area contributed by atoms with Crippen molar-refractivity contribution in [3.8, 4) is 0 Å². The molecule has 0 bridgehead atoms. The van der Waals surface area contributed by atoms with Crippen LogP contribution >= 0.6 is 0 Å². The summed E-state index contributed by atoms with van der Waals surface area (Å²) in [4.78, 5) is 3.07. The summed E-state index contributed by atoms with van der Waals surface area (Å²) in [5, 5.41) is 3.98. The molecule has 0 N–H and O–H groups in total. The Bertz CT molecular complexity index is 676. The lowest BCUT2D eigenvalue weighted by Gasteiger charge is -2.48. The van der Waals surface area contributed by atoms with Crippen LogP contribution in [-0.4, -0.2) is 81.7 Å². The number of hydrogen-bond acceptors (Lipinski definition) is 8. The molecule has 1 rings (SSSR count). The van der Waals surface area contributed by atoms with Crippen LogP contribution in [0.1, 0.15) is 41.5 Å². The molecule has 1 aliphatic rings. The summed E-state index contributed by atoms with van der Waals surface area (Å²) in [6, 6.07) is -0.778. The van der Waals surface area contributed by atoms with Crippen LogP contribution in [0.5, 0.6) is 0 Å². The van der Waals surface area contributed by atoms with E-state index in [2.05, 4.69) is 77.8 Å². The number of ether oxygens (including phenoxy) is 5. The fraction of sp³-hybridized carbons (Fsp3) is 1.00. The monoisotopic (exact) mass is 521 g/mol. The van der Waals surface area contributed by atoms with Gasteiger partial charge >= 0.3 is 0 Å². The van der Waals surface area contributed by atoms with Crippen molar-refractivity contribution in [1.29, 1.82) is 0 Å². The van der Waals surface area contributed by atoms with Crippen molar-refractivity contribution in [3.05, 3.63) is 10.4 Å². The molecule has 0 radical (unpaired) electrons. The number of hydrogen-bond donors (Lipinski definition) is 0. The third-order valence-electron chi connectivity index (χ3n) is 7.19. The lowest BCUT2D eigenvalue weighted by Crippen LogP contribution is -2.63. The molecule has 1 saturated heterocycles. The molecule has 12 heteroatoms. The van der Waals surface area contributed by atoms with Crippen molar-refractivity contribution >= 4 is 16.6 Å². The summed E-state index contributed by atoms with van der Waals surface area (Å²) in [5.74, 6) is 0. The Morgan fingerprint density at radius 1 is 0.853 bits per heavy atom. The van der Waals surface area contributed by atoms with Crippen LogP contribution < -0.4 is 0 Å². The average Bonchev–Trinajstić information content (AvgIpc) is 2.69. The fourth-order valence-electron chi connectivity index (χ4n) is 2.97. The second kappa shape index (κ2) is 12.6. The molecule has 1 aliphatic heterocycles.